The van der Waals surface area contributed by atoms with Crippen molar-refractivity contribution in [1.29, 1.82) is 0 Å². The first-order valence-corrected chi connectivity index (χ1v) is 4.33. The monoisotopic (exact) mass is 199 g/mol. The summed E-state index contributed by atoms with van der Waals surface area (Å²) in [5.74, 6) is -1.10. The Morgan fingerprint density at radius 3 is 2.50 bits per heavy atom. The van der Waals surface area contributed by atoms with Crippen molar-refractivity contribution >= 4 is 17.8 Å². The first-order chi connectivity index (χ1) is 6.40. The standard InChI is InChI=1S/C8H13N3O3/c1-3-8(2)6(13)11(4-5(9)12)7(14)10-8/h3-4H2,1-2H3,(H2,9,12)(H,10,14). The van der Waals surface area contributed by atoms with E-state index in [0.717, 1.165) is 4.90 Å². The summed E-state index contributed by atoms with van der Waals surface area (Å²) < 4.78 is 0. The predicted octanol–water partition coefficient (Wildman–Crippen LogP) is -0.808. The van der Waals surface area contributed by atoms with Crippen molar-refractivity contribution in [3.8, 4) is 0 Å². The summed E-state index contributed by atoms with van der Waals surface area (Å²) >= 11 is 0. The number of carbonyl (C=O) groups excluding carboxylic acids is 3. The Bertz CT molecular complexity index is 302. The van der Waals surface area contributed by atoms with Gasteiger partial charge in [-0.3, -0.25) is 14.5 Å². The molecule has 0 aromatic carbocycles. The van der Waals surface area contributed by atoms with E-state index in [1.54, 1.807) is 13.8 Å². The van der Waals surface area contributed by atoms with Crippen LogP contribution in [0.4, 0.5) is 4.79 Å². The van der Waals surface area contributed by atoms with Crippen LogP contribution in [0.25, 0.3) is 0 Å². The molecular weight excluding hydrogens is 186 g/mol. The Morgan fingerprint density at radius 2 is 2.14 bits per heavy atom. The van der Waals surface area contributed by atoms with E-state index in [1.165, 1.54) is 0 Å². The highest BCUT2D eigenvalue weighted by Crippen LogP contribution is 2.19. The van der Waals surface area contributed by atoms with Gasteiger partial charge in [0.1, 0.15) is 12.1 Å². The normalized spacial score (nSPS) is 26.6. The molecule has 3 N–H and O–H groups in total. The smallest absolute Gasteiger partial charge is 0.325 e. The number of imide groups is 1. The second-order valence-electron chi connectivity index (χ2n) is 3.47. The molecule has 1 unspecified atom stereocenters. The number of amides is 4. The highest BCUT2D eigenvalue weighted by molar-refractivity contribution is 6.08. The highest BCUT2D eigenvalue weighted by Gasteiger charge is 2.46. The van der Waals surface area contributed by atoms with Crippen molar-refractivity contribution in [3.63, 3.8) is 0 Å². The molecule has 1 fully saturated rings. The van der Waals surface area contributed by atoms with Gasteiger partial charge in [0.05, 0.1) is 0 Å². The van der Waals surface area contributed by atoms with Gasteiger partial charge in [-0.05, 0) is 13.3 Å². The number of urea groups is 1. The molecule has 1 rings (SSSR count). The van der Waals surface area contributed by atoms with Crippen molar-refractivity contribution in [2.45, 2.75) is 25.8 Å². The lowest BCUT2D eigenvalue weighted by atomic mass is 9.99. The lowest BCUT2D eigenvalue weighted by Crippen LogP contribution is -2.44. The summed E-state index contributed by atoms with van der Waals surface area (Å²) in [6.07, 6.45) is 0.479. The van der Waals surface area contributed by atoms with E-state index in [4.69, 9.17) is 5.73 Å². The first kappa shape index (κ1) is 10.5. The Labute approximate surface area is 81.4 Å². The zero-order valence-electron chi connectivity index (χ0n) is 8.16. The minimum absolute atomic E-state index is 0.361. The van der Waals surface area contributed by atoms with Crippen LogP contribution in [0.3, 0.4) is 0 Å². The van der Waals surface area contributed by atoms with E-state index in [9.17, 15) is 14.4 Å². The summed E-state index contributed by atoms with van der Waals surface area (Å²) in [4.78, 5) is 34.4. The average molecular weight is 199 g/mol. The second-order valence-corrected chi connectivity index (χ2v) is 3.47. The molecule has 1 heterocycles. The number of carbonyl (C=O) groups is 3. The third-order valence-corrected chi connectivity index (χ3v) is 2.37. The fourth-order valence-electron chi connectivity index (χ4n) is 1.29. The molecule has 6 heteroatoms. The fraction of sp³-hybridized carbons (Fsp3) is 0.625. The molecule has 6 nitrogen and oxygen atoms in total. The van der Waals surface area contributed by atoms with E-state index < -0.39 is 23.4 Å². The molecule has 78 valence electrons. The van der Waals surface area contributed by atoms with Crippen LogP contribution < -0.4 is 11.1 Å². The Balaban J connectivity index is 2.86. The van der Waals surface area contributed by atoms with Crippen LogP contribution in [-0.2, 0) is 9.59 Å². The number of hydrogen-bond donors (Lipinski definition) is 2. The predicted molar refractivity (Wildman–Crippen MR) is 48.1 cm³/mol. The zero-order valence-corrected chi connectivity index (χ0v) is 8.16. The molecule has 0 saturated carbocycles. The SMILES string of the molecule is CCC1(C)NC(=O)N(CC(N)=O)C1=O. The molecule has 0 bridgehead atoms. The van der Waals surface area contributed by atoms with Gasteiger partial charge in [-0.25, -0.2) is 4.79 Å². The van der Waals surface area contributed by atoms with E-state index in [0.29, 0.717) is 6.42 Å². The van der Waals surface area contributed by atoms with Crippen molar-refractivity contribution in [3.05, 3.63) is 0 Å². The molecular formula is C8H13N3O3. The van der Waals surface area contributed by atoms with Gasteiger partial charge in [-0.15, -0.1) is 0 Å². The van der Waals surface area contributed by atoms with E-state index >= 15 is 0 Å². The maximum absolute atomic E-state index is 11.6. The van der Waals surface area contributed by atoms with Gasteiger partial charge >= 0.3 is 6.03 Å². The molecule has 0 aliphatic carbocycles. The topological polar surface area (TPSA) is 92.5 Å². The van der Waals surface area contributed by atoms with Crippen LogP contribution in [0.5, 0.6) is 0 Å². The third-order valence-electron chi connectivity index (χ3n) is 2.37. The van der Waals surface area contributed by atoms with Crippen molar-refractivity contribution in [2.75, 3.05) is 6.54 Å². The molecule has 1 aliphatic heterocycles. The minimum atomic E-state index is -0.896. The van der Waals surface area contributed by atoms with Gasteiger partial charge in [0, 0.05) is 0 Å². The molecule has 0 spiro atoms. The number of hydrogen-bond acceptors (Lipinski definition) is 3. The lowest BCUT2D eigenvalue weighted by Gasteiger charge is -2.18. The zero-order chi connectivity index (χ0) is 10.9. The maximum atomic E-state index is 11.6. The molecule has 1 saturated heterocycles. The van der Waals surface area contributed by atoms with Crippen LogP contribution in [0.1, 0.15) is 20.3 Å². The largest absolute Gasteiger partial charge is 0.368 e. The van der Waals surface area contributed by atoms with Gasteiger partial charge in [-0.1, -0.05) is 6.92 Å². The summed E-state index contributed by atoms with van der Waals surface area (Å²) in [6, 6.07) is -0.557. The van der Waals surface area contributed by atoms with Crippen LogP contribution in [-0.4, -0.2) is 34.8 Å². The molecule has 14 heavy (non-hydrogen) atoms. The molecule has 1 aliphatic rings. The van der Waals surface area contributed by atoms with Gasteiger partial charge < -0.3 is 11.1 Å². The van der Waals surface area contributed by atoms with Crippen molar-refractivity contribution < 1.29 is 14.4 Å². The average Bonchev–Trinajstić information content (AvgIpc) is 2.30. The number of rotatable bonds is 3. The summed E-state index contributed by atoms with van der Waals surface area (Å²) in [6.45, 7) is 3.04. The molecule has 4 amide bonds. The van der Waals surface area contributed by atoms with Crippen molar-refractivity contribution in [1.82, 2.24) is 10.2 Å². The second kappa shape index (κ2) is 3.28. The Hall–Kier alpha value is -1.59. The number of primary amides is 1. The summed E-state index contributed by atoms with van der Waals surface area (Å²) in [5.41, 5.74) is 4.02. The molecule has 0 radical (unpaired) electrons. The molecule has 1 atom stereocenters. The van der Waals surface area contributed by atoms with Gasteiger partial charge in [-0.2, -0.15) is 0 Å². The first-order valence-electron chi connectivity index (χ1n) is 4.33. The Morgan fingerprint density at radius 1 is 1.57 bits per heavy atom. The van der Waals surface area contributed by atoms with Crippen molar-refractivity contribution in [2.24, 2.45) is 5.73 Å². The van der Waals surface area contributed by atoms with Crippen LogP contribution in [0.15, 0.2) is 0 Å². The fourth-order valence-corrected chi connectivity index (χ4v) is 1.29. The Kier molecular flexibility index (Phi) is 2.46. The number of nitrogens with two attached hydrogens (primary N) is 1. The van der Waals surface area contributed by atoms with Gasteiger partial charge in [0.15, 0.2) is 0 Å². The van der Waals surface area contributed by atoms with E-state index in [2.05, 4.69) is 5.32 Å². The van der Waals surface area contributed by atoms with E-state index in [1.807, 2.05) is 0 Å². The van der Waals surface area contributed by atoms with Crippen LogP contribution in [0.2, 0.25) is 0 Å². The quantitative estimate of drug-likeness (QED) is 0.582. The van der Waals surface area contributed by atoms with Crippen LogP contribution in [0, 0.1) is 0 Å². The lowest BCUT2D eigenvalue weighted by molar-refractivity contribution is -0.133. The van der Waals surface area contributed by atoms with E-state index in [-0.39, 0.29) is 6.54 Å². The summed E-state index contributed by atoms with van der Waals surface area (Å²) in [5, 5.41) is 2.51. The number of nitrogens with zero attached hydrogens (tertiary/aromatic N) is 1. The third kappa shape index (κ3) is 1.55. The molecule has 0 aromatic heterocycles. The van der Waals surface area contributed by atoms with Crippen LogP contribution >= 0.6 is 0 Å². The molecule has 0 aromatic rings. The minimum Gasteiger partial charge on any atom is -0.368 e. The summed E-state index contributed by atoms with van der Waals surface area (Å²) in [7, 11) is 0. The van der Waals surface area contributed by atoms with Gasteiger partial charge in [0.2, 0.25) is 5.91 Å². The van der Waals surface area contributed by atoms with Gasteiger partial charge in [0.25, 0.3) is 5.91 Å². The number of nitrogens with one attached hydrogen (secondary N) is 1. The maximum Gasteiger partial charge on any atom is 0.325 e. The highest BCUT2D eigenvalue weighted by atomic mass is 16.2.